The molecule has 0 radical (unpaired) electrons. The van der Waals surface area contributed by atoms with Crippen molar-refractivity contribution >= 4 is 33.2 Å². The van der Waals surface area contributed by atoms with Gasteiger partial charge in [0.05, 0.1) is 24.0 Å². The number of rotatable bonds is 2. The summed E-state index contributed by atoms with van der Waals surface area (Å²) in [5.74, 6) is 0. The van der Waals surface area contributed by atoms with Crippen molar-refractivity contribution in [2.75, 3.05) is 0 Å². The summed E-state index contributed by atoms with van der Waals surface area (Å²) in [4.78, 5) is 21.3. The first kappa shape index (κ1) is 11.4. The zero-order chi connectivity index (χ0) is 12.5. The third kappa shape index (κ3) is 2.02. The lowest BCUT2D eigenvalue weighted by molar-refractivity contribution is 0.731. The van der Waals surface area contributed by atoms with E-state index in [-0.39, 0.29) is 5.56 Å². The molecule has 18 heavy (non-hydrogen) atoms. The normalized spacial score (nSPS) is 10.9. The Bertz CT molecular complexity index is 765. The molecule has 0 atom stereocenters. The van der Waals surface area contributed by atoms with Crippen LogP contribution in [0, 0.1) is 0 Å². The Labute approximate surface area is 112 Å². The van der Waals surface area contributed by atoms with E-state index in [1.807, 2.05) is 5.38 Å². The summed E-state index contributed by atoms with van der Waals surface area (Å²) in [6.07, 6.45) is 3.17. The van der Waals surface area contributed by atoms with Crippen LogP contribution in [0.15, 0.2) is 40.9 Å². The molecule has 90 valence electrons. The van der Waals surface area contributed by atoms with Gasteiger partial charge >= 0.3 is 0 Å². The summed E-state index contributed by atoms with van der Waals surface area (Å²) >= 11 is 7.34. The molecule has 0 aromatic carbocycles. The van der Waals surface area contributed by atoms with Gasteiger partial charge in [0.15, 0.2) is 0 Å². The van der Waals surface area contributed by atoms with Gasteiger partial charge in [-0.25, -0.2) is 4.98 Å². The quantitative estimate of drug-likeness (QED) is 0.723. The molecule has 0 N–H and O–H groups in total. The minimum atomic E-state index is -0.0528. The van der Waals surface area contributed by atoms with Gasteiger partial charge in [-0.2, -0.15) is 0 Å². The molecule has 3 aromatic heterocycles. The first-order chi connectivity index (χ1) is 8.74. The lowest BCUT2D eigenvalue weighted by Crippen LogP contribution is -2.20. The van der Waals surface area contributed by atoms with E-state index < -0.39 is 0 Å². The topological polar surface area (TPSA) is 47.8 Å². The highest BCUT2D eigenvalue weighted by Crippen LogP contribution is 2.14. The fraction of sp³-hybridized carbons (Fsp3) is 0.0833. The molecule has 0 aliphatic rings. The van der Waals surface area contributed by atoms with Crippen LogP contribution in [0.4, 0.5) is 0 Å². The fourth-order valence-corrected chi connectivity index (χ4v) is 2.62. The number of nitrogens with zero attached hydrogens (tertiary/aromatic N) is 3. The van der Waals surface area contributed by atoms with Crippen LogP contribution >= 0.6 is 22.9 Å². The minimum absolute atomic E-state index is 0.0528. The van der Waals surface area contributed by atoms with Crippen molar-refractivity contribution in [3.63, 3.8) is 0 Å². The Hall–Kier alpha value is -1.72. The lowest BCUT2D eigenvalue weighted by Gasteiger charge is -2.04. The SMILES string of the molecule is O=c1c2ccsc2ncn1Cc1cc(Cl)ccn1. The van der Waals surface area contributed by atoms with Crippen molar-refractivity contribution in [1.29, 1.82) is 0 Å². The second-order valence-corrected chi connectivity index (χ2v) is 5.11. The third-order valence-electron chi connectivity index (χ3n) is 2.56. The Morgan fingerprint density at radius 1 is 1.33 bits per heavy atom. The van der Waals surface area contributed by atoms with E-state index in [1.54, 1.807) is 30.7 Å². The molecule has 0 spiro atoms. The maximum atomic E-state index is 12.1. The van der Waals surface area contributed by atoms with Gasteiger partial charge in [-0.1, -0.05) is 11.6 Å². The smallest absolute Gasteiger partial charge is 0.262 e. The van der Waals surface area contributed by atoms with Crippen LogP contribution in [-0.4, -0.2) is 14.5 Å². The molecule has 0 saturated heterocycles. The Kier molecular flexibility index (Phi) is 2.85. The van der Waals surface area contributed by atoms with E-state index in [0.29, 0.717) is 17.0 Å². The summed E-state index contributed by atoms with van der Waals surface area (Å²) in [5.41, 5.74) is 0.684. The molecule has 0 unspecified atom stereocenters. The number of fused-ring (bicyclic) bond motifs is 1. The monoisotopic (exact) mass is 277 g/mol. The van der Waals surface area contributed by atoms with E-state index in [9.17, 15) is 4.79 Å². The third-order valence-corrected chi connectivity index (χ3v) is 3.62. The minimum Gasteiger partial charge on any atom is -0.293 e. The van der Waals surface area contributed by atoms with Gasteiger partial charge < -0.3 is 0 Å². The Morgan fingerprint density at radius 2 is 2.22 bits per heavy atom. The molecular formula is C12H8ClN3OS. The van der Waals surface area contributed by atoms with Crippen molar-refractivity contribution in [3.05, 3.63) is 57.2 Å². The largest absolute Gasteiger partial charge is 0.293 e. The van der Waals surface area contributed by atoms with Crippen molar-refractivity contribution in [2.45, 2.75) is 6.54 Å². The summed E-state index contributed by atoms with van der Waals surface area (Å²) in [6, 6.07) is 5.23. The van der Waals surface area contributed by atoms with Crippen LogP contribution in [-0.2, 0) is 6.54 Å². The number of hydrogen-bond acceptors (Lipinski definition) is 4. The van der Waals surface area contributed by atoms with E-state index in [1.165, 1.54) is 15.9 Å². The van der Waals surface area contributed by atoms with Gasteiger partial charge in [0, 0.05) is 11.2 Å². The predicted octanol–water partition coefficient (Wildman–Crippen LogP) is 2.55. The standard InChI is InChI=1S/C12H8ClN3OS/c13-8-1-3-14-9(5-8)6-16-7-15-11-10(12(16)17)2-4-18-11/h1-5,7H,6H2. The number of halogens is 1. The van der Waals surface area contributed by atoms with Crippen LogP contribution in [0.2, 0.25) is 5.02 Å². The second-order valence-electron chi connectivity index (χ2n) is 3.78. The van der Waals surface area contributed by atoms with E-state index in [4.69, 9.17) is 11.6 Å². The van der Waals surface area contributed by atoms with Gasteiger partial charge in [-0.05, 0) is 23.6 Å². The number of pyridine rings is 1. The molecule has 0 bridgehead atoms. The molecule has 3 rings (SSSR count). The molecule has 0 aliphatic heterocycles. The van der Waals surface area contributed by atoms with Crippen molar-refractivity contribution in [2.24, 2.45) is 0 Å². The average Bonchev–Trinajstić information content (AvgIpc) is 2.82. The molecule has 0 amide bonds. The summed E-state index contributed by atoms with van der Waals surface area (Å²) in [7, 11) is 0. The molecule has 4 nitrogen and oxygen atoms in total. The van der Waals surface area contributed by atoms with E-state index in [2.05, 4.69) is 9.97 Å². The average molecular weight is 278 g/mol. The van der Waals surface area contributed by atoms with Crippen LogP contribution in [0.1, 0.15) is 5.69 Å². The van der Waals surface area contributed by atoms with Gasteiger partial charge in [0.2, 0.25) is 0 Å². The van der Waals surface area contributed by atoms with Crippen molar-refractivity contribution in [3.8, 4) is 0 Å². The molecule has 3 heterocycles. The molecule has 3 aromatic rings. The predicted molar refractivity (Wildman–Crippen MR) is 72.2 cm³/mol. The van der Waals surface area contributed by atoms with E-state index in [0.717, 1.165) is 10.5 Å². The van der Waals surface area contributed by atoms with Gasteiger partial charge in [0.25, 0.3) is 5.56 Å². The highest BCUT2D eigenvalue weighted by molar-refractivity contribution is 7.16. The van der Waals surface area contributed by atoms with Gasteiger partial charge in [-0.15, -0.1) is 11.3 Å². The Balaban J connectivity index is 2.05. The maximum Gasteiger partial charge on any atom is 0.262 e. The molecule has 6 heteroatoms. The molecular weight excluding hydrogens is 270 g/mol. The highest BCUT2D eigenvalue weighted by atomic mass is 35.5. The first-order valence-electron chi connectivity index (χ1n) is 5.27. The highest BCUT2D eigenvalue weighted by Gasteiger charge is 2.06. The molecule has 0 fully saturated rings. The summed E-state index contributed by atoms with van der Waals surface area (Å²) in [5, 5.41) is 3.11. The zero-order valence-electron chi connectivity index (χ0n) is 9.21. The molecule has 0 aliphatic carbocycles. The summed E-state index contributed by atoms with van der Waals surface area (Å²) in [6.45, 7) is 0.373. The number of hydrogen-bond donors (Lipinski definition) is 0. The van der Waals surface area contributed by atoms with Crippen LogP contribution < -0.4 is 5.56 Å². The number of aromatic nitrogens is 3. The second kappa shape index (κ2) is 4.51. The van der Waals surface area contributed by atoms with Gasteiger partial charge in [0.1, 0.15) is 4.83 Å². The van der Waals surface area contributed by atoms with Gasteiger partial charge in [-0.3, -0.25) is 14.3 Å². The molecule has 0 saturated carbocycles. The zero-order valence-corrected chi connectivity index (χ0v) is 10.8. The fourth-order valence-electron chi connectivity index (χ4n) is 1.72. The van der Waals surface area contributed by atoms with E-state index >= 15 is 0 Å². The number of thiophene rings is 1. The first-order valence-corrected chi connectivity index (χ1v) is 6.53. The Morgan fingerprint density at radius 3 is 3.06 bits per heavy atom. The van der Waals surface area contributed by atoms with Crippen LogP contribution in [0.25, 0.3) is 10.2 Å². The summed E-state index contributed by atoms with van der Waals surface area (Å²) < 4.78 is 1.54. The van der Waals surface area contributed by atoms with Crippen molar-refractivity contribution < 1.29 is 0 Å². The van der Waals surface area contributed by atoms with Crippen molar-refractivity contribution in [1.82, 2.24) is 14.5 Å². The van der Waals surface area contributed by atoms with Crippen LogP contribution in [0.3, 0.4) is 0 Å². The lowest BCUT2D eigenvalue weighted by atomic mass is 10.3. The maximum absolute atomic E-state index is 12.1. The van der Waals surface area contributed by atoms with Crippen LogP contribution in [0.5, 0.6) is 0 Å².